The molecule has 1 fully saturated rings. The monoisotopic (exact) mass is 234 g/mol. The molecule has 0 atom stereocenters. The lowest BCUT2D eigenvalue weighted by Crippen LogP contribution is -2.48. The first-order chi connectivity index (χ1) is 8.29. The second-order valence-corrected chi connectivity index (χ2v) is 4.16. The third kappa shape index (κ3) is 3.20. The summed E-state index contributed by atoms with van der Waals surface area (Å²) in [4.78, 5) is 13.5. The number of hydrogen-bond acceptors (Lipinski definition) is 3. The number of carbonyl (C=O) groups is 1. The van der Waals surface area contributed by atoms with E-state index in [9.17, 15) is 4.79 Å². The molecular weight excluding hydrogens is 216 g/mol. The van der Waals surface area contributed by atoms with Crippen LogP contribution in [-0.4, -0.2) is 44.1 Å². The maximum absolute atomic E-state index is 11.6. The fraction of sp³-hybridized carbons (Fsp3) is 0.462. The van der Waals surface area contributed by atoms with Gasteiger partial charge >= 0.3 is 0 Å². The van der Waals surface area contributed by atoms with Crippen LogP contribution >= 0.6 is 0 Å². The normalized spacial score (nSPS) is 16.1. The standard InChI is InChI=1S/C13H18N2O2/c1-17-12-4-2-3-11(9-12)5-7-15-8-6-14-10-13(15)16/h2-4,9,14H,5-8,10H2,1H3. The zero-order valence-electron chi connectivity index (χ0n) is 10.1. The average molecular weight is 234 g/mol. The van der Waals surface area contributed by atoms with Crippen LogP contribution in [0.25, 0.3) is 0 Å². The van der Waals surface area contributed by atoms with Crippen molar-refractivity contribution in [3.05, 3.63) is 29.8 Å². The molecule has 4 heteroatoms. The van der Waals surface area contributed by atoms with Gasteiger partial charge in [-0.2, -0.15) is 0 Å². The van der Waals surface area contributed by atoms with Gasteiger partial charge in [-0.15, -0.1) is 0 Å². The molecule has 1 aromatic carbocycles. The van der Waals surface area contributed by atoms with E-state index in [1.807, 2.05) is 23.1 Å². The Morgan fingerprint density at radius 1 is 1.47 bits per heavy atom. The highest BCUT2D eigenvalue weighted by Crippen LogP contribution is 2.13. The minimum Gasteiger partial charge on any atom is -0.497 e. The molecule has 0 unspecified atom stereocenters. The van der Waals surface area contributed by atoms with Gasteiger partial charge in [0.05, 0.1) is 13.7 Å². The molecule has 0 bridgehead atoms. The number of piperazine rings is 1. The smallest absolute Gasteiger partial charge is 0.236 e. The van der Waals surface area contributed by atoms with Gasteiger partial charge in [0, 0.05) is 19.6 Å². The summed E-state index contributed by atoms with van der Waals surface area (Å²) in [6.45, 7) is 2.96. The molecule has 0 spiro atoms. The minimum atomic E-state index is 0.194. The first kappa shape index (κ1) is 11.9. The Kier molecular flexibility index (Phi) is 3.98. The van der Waals surface area contributed by atoms with Crippen molar-refractivity contribution in [2.24, 2.45) is 0 Å². The fourth-order valence-electron chi connectivity index (χ4n) is 1.97. The van der Waals surface area contributed by atoms with E-state index < -0.39 is 0 Å². The molecule has 0 saturated carbocycles. The maximum Gasteiger partial charge on any atom is 0.236 e. The van der Waals surface area contributed by atoms with E-state index in [0.29, 0.717) is 6.54 Å². The number of hydrogen-bond donors (Lipinski definition) is 1. The van der Waals surface area contributed by atoms with E-state index in [4.69, 9.17) is 4.74 Å². The summed E-state index contributed by atoms with van der Waals surface area (Å²) in [5.41, 5.74) is 1.20. The van der Waals surface area contributed by atoms with Gasteiger partial charge in [0.2, 0.25) is 5.91 Å². The molecule has 1 heterocycles. The lowest BCUT2D eigenvalue weighted by atomic mass is 10.1. The van der Waals surface area contributed by atoms with Crippen LogP contribution in [0.1, 0.15) is 5.56 Å². The van der Waals surface area contributed by atoms with Crippen molar-refractivity contribution in [2.75, 3.05) is 33.3 Å². The topological polar surface area (TPSA) is 41.6 Å². The van der Waals surface area contributed by atoms with Gasteiger partial charge in [-0.3, -0.25) is 4.79 Å². The second kappa shape index (κ2) is 5.68. The summed E-state index contributed by atoms with van der Waals surface area (Å²) >= 11 is 0. The Labute approximate surface area is 102 Å². The van der Waals surface area contributed by atoms with Crippen molar-refractivity contribution < 1.29 is 9.53 Å². The van der Waals surface area contributed by atoms with Crippen molar-refractivity contribution in [3.63, 3.8) is 0 Å². The van der Waals surface area contributed by atoms with Gasteiger partial charge in [-0.05, 0) is 24.1 Å². The summed E-state index contributed by atoms with van der Waals surface area (Å²) in [6, 6.07) is 8.00. The molecule has 1 aliphatic heterocycles. The molecule has 0 radical (unpaired) electrons. The van der Waals surface area contributed by atoms with Gasteiger partial charge in [-0.25, -0.2) is 0 Å². The van der Waals surface area contributed by atoms with Gasteiger partial charge in [0.1, 0.15) is 5.75 Å². The molecule has 92 valence electrons. The number of benzene rings is 1. The van der Waals surface area contributed by atoms with Crippen molar-refractivity contribution in [3.8, 4) is 5.75 Å². The van der Waals surface area contributed by atoms with Crippen LogP contribution < -0.4 is 10.1 Å². The summed E-state index contributed by atoms with van der Waals surface area (Å²) < 4.78 is 5.18. The summed E-state index contributed by atoms with van der Waals surface area (Å²) in [5.74, 6) is 1.06. The second-order valence-electron chi connectivity index (χ2n) is 4.16. The third-order valence-electron chi connectivity index (χ3n) is 2.99. The summed E-state index contributed by atoms with van der Waals surface area (Å²) in [6.07, 6.45) is 0.878. The van der Waals surface area contributed by atoms with Crippen molar-refractivity contribution >= 4 is 5.91 Å². The highest BCUT2D eigenvalue weighted by Gasteiger charge is 2.16. The Hall–Kier alpha value is -1.55. The maximum atomic E-state index is 11.6. The Morgan fingerprint density at radius 2 is 2.35 bits per heavy atom. The third-order valence-corrected chi connectivity index (χ3v) is 2.99. The zero-order valence-corrected chi connectivity index (χ0v) is 10.1. The first-order valence-electron chi connectivity index (χ1n) is 5.91. The molecule has 17 heavy (non-hydrogen) atoms. The van der Waals surface area contributed by atoms with E-state index in [1.54, 1.807) is 7.11 Å². The van der Waals surface area contributed by atoms with Crippen LogP contribution in [0.5, 0.6) is 5.75 Å². The van der Waals surface area contributed by atoms with E-state index in [2.05, 4.69) is 11.4 Å². The molecular formula is C13H18N2O2. The van der Waals surface area contributed by atoms with Gasteiger partial charge in [0.15, 0.2) is 0 Å². The number of methoxy groups -OCH3 is 1. The number of nitrogens with one attached hydrogen (secondary N) is 1. The number of amides is 1. The van der Waals surface area contributed by atoms with E-state index in [-0.39, 0.29) is 5.91 Å². The Morgan fingerprint density at radius 3 is 3.12 bits per heavy atom. The van der Waals surface area contributed by atoms with Gasteiger partial charge in [0.25, 0.3) is 0 Å². The van der Waals surface area contributed by atoms with E-state index >= 15 is 0 Å². The highest BCUT2D eigenvalue weighted by molar-refractivity contribution is 5.78. The molecule has 4 nitrogen and oxygen atoms in total. The molecule has 1 N–H and O–H groups in total. The van der Waals surface area contributed by atoms with Crippen LogP contribution in [0.4, 0.5) is 0 Å². The van der Waals surface area contributed by atoms with Crippen molar-refractivity contribution in [1.29, 1.82) is 0 Å². The average Bonchev–Trinajstić information content (AvgIpc) is 2.38. The number of rotatable bonds is 4. The van der Waals surface area contributed by atoms with Crippen LogP contribution in [0, 0.1) is 0 Å². The van der Waals surface area contributed by atoms with Crippen molar-refractivity contribution in [1.82, 2.24) is 10.2 Å². The van der Waals surface area contributed by atoms with Crippen molar-refractivity contribution in [2.45, 2.75) is 6.42 Å². The van der Waals surface area contributed by atoms with Crippen LogP contribution in [0.15, 0.2) is 24.3 Å². The molecule has 2 rings (SSSR count). The van der Waals surface area contributed by atoms with Crippen LogP contribution in [0.3, 0.4) is 0 Å². The molecule has 1 aromatic rings. The fourth-order valence-corrected chi connectivity index (χ4v) is 1.97. The predicted molar refractivity (Wildman–Crippen MR) is 66.1 cm³/mol. The van der Waals surface area contributed by atoms with E-state index in [0.717, 1.165) is 31.8 Å². The summed E-state index contributed by atoms with van der Waals surface area (Å²) in [7, 11) is 1.67. The lowest BCUT2D eigenvalue weighted by molar-refractivity contribution is -0.131. The number of nitrogens with zero attached hydrogens (tertiary/aromatic N) is 1. The largest absolute Gasteiger partial charge is 0.497 e. The lowest BCUT2D eigenvalue weighted by Gasteiger charge is -2.27. The molecule has 1 aliphatic rings. The number of carbonyl (C=O) groups excluding carboxylic acids is 1. The Balaban J connectivity index is 1.90. The van der Waals surface area contributed by atoms with Gasteiger partial charge in [-0.1, -0.05) is 12.1 Å². The molecule has 1 amide bonds. The quantitative estimate of drug-likeness (QED) is 0.832. The minimum absolute atomic E-state index is 0.194. The van der Waals surface area contributed by atoms with Crippen LogP contribution in [0.2, 0.25) is 0 Å². The first-order valence-corrected chi connectivity index (χ1v) is 5.91. The highest BCUT2D eigenvalue weighted by atomic mass is 16.5. The summed E-state index contributed by atoms with van der Waals surface area (Å²) in [5, 5.41) is 3.07. The van der Waals surface area contributed by atoms with Gasteiger partial charge < -0.3 is 15.0 Å². The molecule has 1 saturated heterocycles. The Bertz CT molecular complexity index is 393. The molecule has 0 aliphatic carbocycles. The molecule has 0 aromatic heterocycles. The van der Waals surface area contributed by atoms with E-state index in [1.165, 1.54) is 5.56 Å². The van der Waals surface area contributed by atoms with Crippen LogP contribution in [-0.2, 0) is 11.2 Å². The number of ether oxygens (including phenoxy) is 1. The zero-order chi connectivity index (χ0) is 12.1. The predicted octanol–water partition coefficient (Wildman–Crippen LogP) is 0.669. The SMILES string of the molecule is COc1cccc(CCN2CCNCC2=O)c1.